The SMILES string of the molecule is CC(OC(=O)c1ccc2c(c1)OCCO2)C(=O)Nc1ccccc1C#N. The minimum Gasteiger partial charge on any atom is -0.486 e. The van der Waals surface area contributed by atoms with Crippen molar-refractivity contribution >= 4 is 17.6 Å². The van der Waals surface area contributed by atoms with Crippen LogP contribution in [0.2, 0.25) is 0 Å². The molecule has 7 nitrogen and oxygen atoms in total. The molecular weight excluding hydrogens is 336 g/mol. The number of hydrogen-bond acceptors (Lipinski definition) is 6. The Hall–Kier alpha value is -3.53. The predicted octanol–water partition coefficient (Wildman–Crippen LogP) is 2.51. The Morgan fingerprint density at radius 1 is 1.15 bits per heavy atom. The van der Waals surface area contributed by atoms with Crippen LogP contribution in [-0.2, 0) is 9.53 Å². The Balaban J connectivity index is 1.65. The van der Waals surface area contributed by atoms with Gasteiger partial charge in [0, 0.05) is 0 Å². The minimum atomic E-state index is -1.04. The van der Waals surface area contributed by atoms with Crippen molar-refractivity contribution in [1.82, 2.24) is 0 Å². The molecule has 1 atom stereocenters. The van der Waals surface area contributed by atoms with Gasteiger partial charge in [-0.25, -0.2) is 4.79 Å². The quantitative estimate of drug-likeness (QED) is 0.849. The molecule has 1 heterocycles. The molecule has 1 aliphatic heterocycles. The van der Waals surface area contributed by atoms with Crippen molar-refractivity contribution < 1.29 is 23.8 Å². The molecule has 0 spiro atoms. The zero-order valence-corrected chi connectivity index (χ0v) is 14.0. The number of fused-ring (bicyclic) bond motifs is 1. The average Bonchev–Trinajstić information content (AvgIpc) is 2.67. The fourth-order valence-electron chi connectivity index (χ4n) is 2.38. The third-order valence-electron chi connectivity index (χ3n) is 3.74. The van der Waals surface area contributed by atoms with E-state index in [4.69, 9.17) is 19.5 Å². The first-order chi connectivity index (χ1) is 12.6. The number of amides is 1. The summed E-state index contributed by atoms with van der Waals surface area (Å²) in [6.07, 6.45) is -1.04. The van der Waals surface area contributed by atoms with Crippen molar-refractivity contribution in [3.8, 4) is 17.6 Å². The van der Waals surface area contributed by atoms with Gasteiger partial charge in [0.25, 0.3) is 5.91 Å². The number of benzene rings is 2. The molecule has 0 aromatic heterocycles. The van der Waals surface area contributed by atoms with E-state index in [2.05, 4.69) is 5.32 Å². The second-order valence-corrected chi connectivity index (χ2v) is 5.55. The summed E-state index contributed by atoms with van der Waals surface area (Å²) >= 11 is 0. The zero-order chi connectivity index (χ0) is 18.5. The number of rotatable bonds is 4. The lowest BCUT2D eigenvalue weighted by molar-refractivity contribution is -0.123. The van der Waals surface area contributed by atoms with Crippen molar-refractivity contribution in [2.45, 2.75) is 13.0 Å². The molecule has 0 radical (unpaired) electrons. The highest BCUT2D eigenvalue weighted by molar-refractivity contribution is 5.98. The molecule has 0 saturated heterocycles. The normalized spacial score (nSPS) is 13.2. The van der Waals surface area contributed by atoms with E-state index in [-0.39, 0.29) is 5.56 Å². The number of nitrogens with zero attached hydrogens (tertiary/aromatic N) is 1. The summed E-state index contributed by atoms with van der Waals surface area (Å²) in [6.45, 7) is 2.32. The molecule has 1 unspecified atom stereocenters. The maximum atomic E-state index is 12.3. The van der Waals surface area contributed by atoms with E-state index in [0.717, 1.165) is 0 Å². The first kappa shape index (κ1) is 17.3. The van der Waals surface area contributed by atoms with Gasteiger partial charge in [-0.2, -0.15) is 5.26 Å². The van der Waals surface area contributed by atoms with Crippen molar-refractivity contribution in [3.63, 3.8) is 0 Å². The fraction of sp³-hybridized carbons (Fsp3) is 0.211. The number of esters is 1. The summed E-state index contributed by atoms with van der Waals surface area (Å²) in [7, 11) is 0. The van der Waals surface area contributed by atoms with Crippen LogP contribution in [0.15, 0.2) is 42.5 Å². The molecule has 1 amide bonds. The number of anilines is 1. The van der Waals surface area contributed by atoms with E-state index < -0.39 is 18.0 Å². The summed E-state index contributed by atoms with van der Waals surface area (Å²) in [5.74, 6) is -0.158. The maximum Gasteiger partial charge on any atom is 0.339 e. The Bertz CT molecular complexity index is 888. The molecule has 3 rings (SSSR count). The second kappa shape index (κ2) is 7.57. The summed E-state index contributed by atoms with van der Waals surface area (Å²) in [6, 6.07) is 13.3. The molecule has 26 heavy (non-hydrogen) atoms. The van der Waals surface area contributed by atoms with Crippen molar-refractivity contribution in [3.05, 3.63) is 53.6 Å². The third kappa shape index (κ3) is 3.75. The Kier molecular flexibility index (Phi) is 5.04. The first-order valence-electron chi connectivity index (χ1n) is 7.99. The lowest BCUT2D eigenvalue weighted by Gasteiger charge is -2.19. The van der Waals surface area contributed by atoms with Gasteiger partial charge < -0.3 is 19.5 Å². The van der Waals surface area contributed by atoms with E-state index in [9.17, 15) is 9.59 Å². The lowest BCUT2D eigenvalue weighted by Crippen LogP contribution is -2.30. The summed E-state index contributed by atoms with van der Waals surface area (Å²) in [5, 5.41) is 11.6. The molecular formula is C19H16N2O5. The molecule has 0 fully saturated rings. The molecule has 132 valence electrons. The number of ether oxygens (including phenoxy) is 3. The standard InChI is InChI=1S/C19H16N2O5/c1-12(18(22)21-15-5-3-2-4-14(15)11-20)26-19(23)13-6-7-16-17(10-13)25-9-8-24-16/h2-7,10,12H,8-9H2,1H3,(H,21,22). The van der Waals surface area contributed by atoms with Crippen LogP contribution < -0.4 is 14.8 Å². The zero-order valence-electron chi connectivity index (χ0n) is 14.0. The minimum absolute atomic E-state index is 0.256. The van der Waals surface area contributed by atoms with Gasteiger partial charge in [-0.05, 0) is 37.3 Å². The molecule has 0 aliphatic carbocycles. The van der Waals surface area contributed by atoms with Gasteiger partial charge in [-0.1, -0.05) is 12.1 Å². The number of para-hydroxylation sites is 1. The van der Waals surface area contributed by atoms with Crippen molar-refractivity contribution in [2.24, 2.45) is 0 Å². The highest BCUT2D eigenvalue weighted by Crippen LogP contribution is 2.31. The van der Waals surface area contributed by atoms with E-state index in [1.54, 1.807) is 36.4 Å². The lowest BCUT2D eigenvalue weighted by atomic mass is 10.2. The molecule has 1 aliphatic rings. The molecule has 1 N–H and O–H groups in total. The molecule has 7 heteroatoms. The van der Waals surface area contributed by atoms with Crippen LogP contribution in [-0.4, -0.2) is 31.2 Å². The first-order valence-corrected chi connectivity index (χ1v) is 7.99. The molecule has 2 aromatic carbocycles. The van der Waals surface area contributed by atoms with Gasteiger partial charge in [0.2, 0.25) is 0 Å². The van der Waals surface area contributed by atoms with Gasteiger partial charge in [-0.3, -0.25) is 4.79 Å². The van der Waals surface area contributed by atoms with Crippen LogP contribution in [0, 0.1) is 11.3 Å². The van der Waals surface area contributed by atoms with E-state index in [1.807, 2.05) is 6.07 Å². The van der Waals surface area contributed by atoms with E-state index in [0.29, 0.717) is 36.0 Å². The Labute approximate surface area is 150 Å². The van der Waals surface area contributed by atoms with Gasteiger partial charge >= 0.3 is 5.97 Å². The van der Waals surface area contributed by atoms with Crippen LogP contribution in [0.1, 0.15) is 22.8 Å². The molecule has 2 aromatic rings. The van der Waals surface area contributed by atoms with Crippen molar-refractivity contribution in [1.29, 1.82) is 5.26 Å². The Morgan fingerprint density at radius 2 is 1.88 bits per heavy atom. The maximum absolute atomic E-state index is 12.3. The van der Waals surface area contributed by atoms with Gasteiger partial charge in [0.05, 0.1) is 16.8 Å². The van der Waals surface area contributed by atoms with Crippen molar-refractivity contribution in [2.75, 3.05) is 18.5 Å². The number of carbonyl (C=O) groups excluding carboxylic acids is 2. The van der Waals surface area contributed by atoms with Crippen LogP contribution in [0.5, 0.6) is 11.5 Å². The second-order valence-electron chi connectivity index (χ2n) is 5.55. The number of hydrogen-bond donors (Lipinski definition) is 1. The predicted molar refractivity (Wildman–Crippen MR) is 92.1 cm³/mol. The molecule has 0 saturated carbocycles. The fourth-order valence-corrected chi connectivity index (χ4v) is 2.38. The third-order valence-corrected chi connectivity index (χ3v) is 3.74. The monoisotopic (exact) mass is 352 g/mol. The number of nitrogens with one attached hydrogen (secondary N) is 1. The van der Waals surface area contributed by atoms with Gasteiger partial charge in [-0.15, -0.1) is 0 Å². The van der Waals surface area contributed by atoms with Crippen LogP contribution in [0.4, 0.5) is 5.69 Å². The van der Waals surface area contributed by atoms with Crippen LogP contribution in [0.3, 0.4) is 0 Å². The summed E-state index contributed by atoms with van der Waals surface area (Å²) in [5.41, 5.74) is 0.944. The Morgan fingerprint density at radius 3 is 2.65 bits per heavy atom. The highest BCUT2D eigenvalue weighted by Gasteiger charge is 2.21. The van der Waals surface area contributed by atoms with E-state index >= 15 is 0 Å². The highest BCUT2D eigenvalue weighted by atomic mass is 16.6. The average molecular weight is 352 g/mol. The topological polar surface area (TPSA) is 97.7 Å². The van der Waals surface area contributed by atoms with E-state index in [1.165, 1.54) is 13.0 Å². The molecule has 0 bridgehead atoms. The van der Waals surface area contributed by atoms with Gasteiger partial charge in [0.15, 0.2) is 17.6 Å². The van der Waals surface area contributed by atoms with Crippen LogP contribution >= 0.6 is 0 Å². The number of carbonyl (C=O) groups is 2. The van der Waals surface area contributed by atoms with Crippen LogP contribution in [0.25, 0.3) is 0 Å². The van der Waals surface area contributed by atoms with Gasteiger partial charge in [0.1, 0.15) is 19.3 Å². The summed E-state index contributed by atoms with van der Waals surface area (Å²) < 4.78 is 16.0. The largest absolute Gasteiger partial charge is 0.486 e. The smallest absolute Gasteiger partial charge is 0.339 e. The summed E-state index contributed by atoms with van der Waals surface area (Å²) in [4.78, 5) is 24.5. The number of nitriles is 1.